The first-order valence-corrected chi connectivity index (χ1v) is 5.29. The van der Waals surface area contributed by atoms with Crippen molar-refractivity contribution in [2.75, 3.05) is 31.5 Å². The van der Waals surface area contributed by atoms with E-state index in [1.165, 1.54) is 0 Å². The van der Waals surface area contributed by atoms with Crippen molar-refractivity contribution < 1.29 is 10.1 Å². The lowest BCUT2D eigenvalue weighted by atomic mass is 10.3. The Balaban J connectivity index is 1.91. The van der Waals surface area contributed by atoms with Gasteiger partial charge in [-0.05, 0) is 12.1 Å². The Bertz CT molecular complexity index is 320. The summed E-state index contributed by atoms with van der Waals surface area (Å²) in [5, 5.41) is 5.11. The van der Waals surface area contributed by atoms with Crippen molar-refractivity contribution in [3.8, 4) is 0 Å². The Hall–Kier alpha value is -1.55. The van der Waals surface area contributed by atoms with Gasteiger partial charge >= 0.3 is 6.03 Å². The molecule has 4 heteroatoms. The van der Waals surface area contributed by atoms with Crippen molar-refractivity contribution in [2.24, 2.45) is 0 Å². The van der Waals surface area contributed by atoms with Crippen LogP contribution in [0.15, 0.2) is 30.3 Å². The van der Waals surface area contributed by atoms with Crippen LogP contribution >= 0.6 is 0 Å². The highest BCUT2D eigenvalue weighted by Gasteiger charge is 2.17. The van der Waals surface area contributed by atoms with Gasteiger partial charge in [0.15, 0.2) is 0 Å². The number of nitrogens with zero attached hydrogens (tertiary/aromatic N) is 1. The van der Waals surface area contributed by atoms with Crippen molar-refractivity contribution in [1.82, 2.24) is 4.90 Å². The molecule has 0 spiro atoms. The molecular weight excluding hydrogens is 190 g/mol. The summed E-state index contributed by atoms with van der Waals surface area (Å²) in [6.07, 6.45) is 0. The number of carbonyl (C=O) groups is 1. The molecule has 1 aliphatic rings. The number of amides is 2. The van der Waals surface area contributed by atoms with Gasteiger partial charge in [-0.15, -0.1) is 0 Å². The van der Waals surface area contributed by atoms with Crippen LogP contribution in [0.5, 0.6) is 0 Å². The Morgan fingerprint density at radius 2 is 1.87 bits per heavy atom. The van der Waals surface area contributed by atoms with Gasteiger partial charge in [-0.25, -0.2) is 4.79 Å². The van der Waals surface area contributed by atoms with E-state index in [-0.39, 0.29) is 6.03 Å². The highest BCUT2D eigenvalue weighted by atomic mass is 16.2. The SMILES string of the molecule is O=C(Nc1ccccc1)N1CC[NH2+]CC1. The van der Waals surface area contributed by atoms with Gasteiger partial charge in [0.05, 0.1) is 26.2 Å². The molecule has 1 aliphatic heterocycles. The molecule has 0 bridgehead atoms. The number of nitrogens with one attached hydrogen (secondary N) is 1. The fourth-order valence-corrected chi connectivity index (χ4v) is 1.68. The summed E-state index contributed by atoms with van der Waals surface area (Å²) in [5.41, 5.74) is 0.858. The molecule has 1 saturated heterocycles. The third kappa shape index (κ3) is 2.70. The Labute approximate surface area is 89.3 Å². The van der Waals surface area contributed by atoms with E-state index in [1.807, 2.05) is 35.2 Å². The summed E-state index contributed by atoms with van der Waals surface area (Å²) in [5.74, 6) is 0. The lowest BCUT2D eigenvalue weighted by Crippen LogP contribution is -2.90. The lowest BCUT2D eigenvalue weighted by Gasteiger charge is -2.25. The summed E-state index contributed by atoms with van der Waals surface area (Å²) < 4.78 is 0. The molecule has 1 aromatic rings. The van der Waals surface area contributed by atoms with Crippen LogP contribution in [0.2, 0.25) is 0 Å². The molecule has 80 valence electrons. The van der Waals surface area contributed by atoms with E-state index in [2.05, 4.69) is 10.6 Å². The first kappa shape index (κ1) is 9.98. The first-order valence-electron chi connectivity index (χ1n) is 5.29. The predicted molar refractivity (Wildman–Crippen MR) is 58.7 cm³/mol. The number of hydrogen-bond acceptors (Lipinski definition) is 1. The molecule has 2 rings (SSSR count). The zero-order valence-electron chi connectivity index (χ0n) is 8.65. The summed E-state index contributed by atoms with van der Waals surface area (Å²) in [6, 6.07) is 9.57. The largest absolute Gasteiger partial charge is 0.343 e. The normalized spacial score (nSPS) is 16.1. The van der Waals surface area contributed by atoms with Crippen molar-refractivity contribution in [3.63, 3.8) is 0 Å². The van der Waals surface area contributed by atoms with Gasteiger partial charge in [0.25, 0.3) is 0 Å². The minimum atomic E-state index is 0.00861. The molecule has 0 unspecified atom stereocenters. The van der Waals surface area contributed by atoms with Crippen LogP contribution in [-0.2, 0) is 0 Å². The van der Waals surface area contributed by atoms with Crippen LogP contribution in [-0.4, -0.2) is 37.1 Å². The number of nitrogens with two attached hydrogens (primary N) is 1. The van der Waals surface area contributed by atoms with Crippen LogP contribution < -0.4 is 10.6 Å². The molecule has 0 atom stereocenters. The van der Waals surface area contributed by atoms with E-state index in [0.717, 1.165) is 31.9 Å². The maximum Gasteiger partial charge on any atom is 0.322 e. The van der Waals surface area contributed by atoms with E-state index in [4.69, 9.17) is 0 Å². The molecule has 0 saturated carbocycles. The van der Waals surface area contributed by atoms with Crippen LogP contribution in [0.4, 0.5) is 10.5 Å². The minimum absolute atomic E-state index is 0.00861. The van der Waals surface area contributed by atoms with E-state index >= 15 is 0 Å². The molecule has 3 N–H and O–H groups in total. The van der Waals surface area contributed by atoms with E-state index in [9.17, 15) is 4.79 Å². The van der Waals surface area contributed by atoms with Crippen LogP contribution in [0.25, 0.3) is 0 Å². The highest BCUT2D eigenvalue weighted by molar-refractivity contribution is 5.89. The van der Waals surface area contributed by atoms with E-state index in [0.29, 0.717) is 0 Å². The van der Waals surface area contributed by atoms with Crippen molar-refractivity contribution in [3.05, 3.63) is 30.3 Å². The third-order valence-corrected chi connectivity index (χ3v) is 2.52. The smallest absolute Gasteiger partial charge is 0.322 e. The number of rotatable bonds is 1. The summed E-state index contributed by atoms with van der Waals surface area (Å²) >= 11 is 0. The zero-order valence-corrected chi connectivity index (χ0v) is 8.65. The van der Waals surface area contributed by atoms with Gasteiger partial charge in [-0.1, -0.05) is 18.2 Å². The molecule has 0 aliphatic carbocycles. The fourth-order valence-electron chi connectivity index (χ4n) is 1.68. The number of urea groups is 1. The van der Waals surface area contributed by atoms with Gasteiger partial charge in [-0.3, -0.25) is 0 Å². The summed E-state index contributed by atoms with van der Waals surface area (Å²) in [7, 11) is 0. The van der Waals surface area contributed by atoms with Gasteiger partial charge in [0.2, 0.25) is 0 Å². The van der Waals surface area contributed by atoms with Gasteiger partial charge in [-0.2, -0.15) is 0 Å². The monoisotopic (exact) mass is 206 g/mol. The summed E-state index contributed by atoms with van der Waals surface area (Å²) in [6.45, 7) is 3.67. The zero-order chi connectivity index (χ0) is 10.5. The minimum Gasteiger partial charge on any atom is -0.343 e. The molecule has 0 radical (unpaired) electrons. The van der Waals surface area contributed by atoms with Crippen LogP contribution in [0, 0.1) is 0 Å². The number of para-hydroxylation sites is 1. The molecule has 1 fully saturated rings. The lowest BCUT2D eigenvalue weighted by molar-refractivity contribution is -0.661. The van der Waals surface area contributed by atoms with Crippen LogP contribution in [0.3, 0.4) is 0 Å². The molecule has 2 amide bonds. The molecule has 4 nitrogen and oxygen atoms in total. The number of carbonyl (C=O) groups excluding carboxylic acids is 1. The number of hydrogen-bond donors (Lipinski definition) is 2. The number of quaternary nitrogens is 1. The number of anilines is 1. The average Bonchev–Trinajstić information content (AvgIpc) is 2.31. The quantitative estimate of drug-likeness (QED) is 0.672. The topological polar surface area (TPSA) is 49.0 Å². The molecule has 1 aromatic carbocycles. The third-order valence-electron chi connectivity index (χ3n) is 2.52. The maximum absolute atomic E-state index is 11.8. The molecule has 0 aromatic heterocycles. The van der Waals surface area contributed by atoms with Crippen molar-refractivity contribution in [1.29, 1.82) is 0 Å². The van der Waals surface area contributed by atoms with Crippen molar-refractivity contribution >= 4 is 11.7 Å². The Morgan fingerprint density at radius 3 is 2.53 bits per heavy atom. The van der Waals surface area contributed by atoms with E-state index < -0.39 is 0 Å². The van der Waals surface area contributed by atoms with Gasteiger partial charge < -0.3 is 15.5 Å². The second-order valence-corrected chi connectivity index (χ2v) is 3.65. The second-order valence-electron chi connectivity index (χ2n) is 3.65. The maximum atomic E-state index is 11.8. The number of piperazine rings is 1. The Morgan fingerprint density at radius 1 is 1.20 bits per heavy atom. The van der Waals surface area contributed by atoms with Crippen molar-refractivity contribution in [2.45, 2.75) is 0 Å². The van der Waals surface area contributed by atoms with Gasteiger partial charge in [0.1, 0.15) is 0 Å². The molecule has 15 heavy (non-hydrogen) atoms. The average molecular weight is 206 g/mol. The molecule has 1 heterocycles. The Kier molecular flexibility index (Phi) is 3.19. The van der Waals surface area contributed by atoms with Gasteiger partial charge in [0, 0.05) is 5.69 Å². The predicted octanol–water partition coefficient (Wildman–Crippen LogP) is 0.0975. The fraction of sp³-hybridized carbons (Fsp3) is 0.364. The highest BCUT2D eigenvalue weighted by Crippen LogP contribution is 2.06. The number of benzene rings is 1. The standard InChI is InChI=1S/C11H15N3O/c15-11(14-8-6-12-7-9-14)13-10-4-2-1-3-5-10/h1-5,12H,6-9H2,(H,13,15)/p+1. The first-order chi connectivity index (χ1) is 7.36. The van der Waals surface area contributed by atoms with Crippen LogP contribution in [0.1, 0.15) is 0 Å². The summed E-state index contributed by atoms with van der Waals surface area (Å²) in [4.78, 5) is 13.6. The van der Waals surface area contributed by atoms with E-state index in [1.54, 1.807) is 0 Å². The second kappa shape index (κ2) is 4.79. The molecular formula is C11H16N3O+.